The molecule has 76 valence electrons. The number of nitrogens with two attached hydrogens (primary N) is 1. The van der Waals surface area contributed by atoms with Gasteiger partial charge in [-0.05, 0) is 0 Å². The van der Waals surface area contributed by atoms with E-state index in [0.717, 1.165) is 6.54 Å². The van der Waals surface area contributed by atoms with Crippen LogP contribution in [0.15, 0.2) is 0 Å². The Hall–Kier alpha value is -0.650. The lowest BCUT2D eigenvalue weighted by Gasteiger charge is -2.36. The van der Waals surface area contributed by atoms with Crippen LogP contribution in [-0.4, -0.2) is 44.9 Å². The monoisotopic (exact) mass is 188 g/mol. The molecule has 5 nitrogen and oxygen atoms in total. The summed E-state index contributed by atoms with van der Waals surface area (Å²) in [4.78, 5) is 10.8. The molecule has 1 unspecified atom stereocenters. The van der Waals surface area contributed by atoms with Crippen molar-refractivity contribution in [3.8, 4) is 0 Å². The highest BCUT2D eigenvalue weighted by Gasteiger charge is 2.35. The summed E-state index contributed by atoms with van der Waals surface area (Å²) in [6, 6.07) is 0. The zero-order chi connectivity index (χ0) is 9.73. The molecular weight excluding hydrogens is 172 g/mol. The van der Waals surface area contributed by atoms with Crippen molar-refractivity contribution in [3.63, 3.8) is 0 Å². The van der Waals surface area contributed by atoms with Crippen molar-refractivity contribution >= 4 is 5.91 Å². The summed E-state index contributed by atoms with van der Waals surface area (Å²) in [6.45, 7) is 2.41. The first-order valence-electron chi connectivity index (χ1n) is 4.30. The van der Waals surface area contributed by atoms with E-state index in [9.17, 15) is 4.79 Å². The van der Waals surface area contributed by atoms with E-state index in [-0.39, 0.29) is 12.3 Å². The summed E-state index contributed by atoms with van der Waals surface area (Å²) < 4.78 is 10.5. The topological polar surface area (TPSA) is 73.6 Å². The molecule has 1 atom stereocenters. The van der Waals surface area contributed by atoms with E-state index < -0.39 is 5.60 Å². The second-order valence-electron chi connectivity index (χ2n) is 3.28. The Kier molecular flexibility index (Phi) is 3.65. The molecule has 1 saturated heterocycles. The summed E-state index contributed by atoms with van der Waals surface area (Å²) >= 11 is 0. The van der Waals surface area contributed by atoms with E-state index in [2.05, 4.69) is 5.32 Å². The lowest BCUT2D eigenvalue weighted by atomic mass is 9.99. The number of hydrogen-bond acceptors (Lipinski definition) is 4. The minimum absolute atomic E-state index is 0.202. The van der Waals surface area contributed by atoms with Crippen molar-refractivity contribution in [2.45, 2.75) is 12.0 Å². The first-order valence-corrected chi connectivity index (χ1v) is 4.30. The van der Waals surface area contributed by atoms with Crippen molar-refractivity contribution in [2.75, 3.05) is 33.4 Å². The second-order valence-corrected chi connectivity index (χ2v) is 3.28. The number of amides is 1. The van der Waals surface area contributed by atoms with Crippen LogP contribution >= 0.6 is 0 Å². The second kappa shape index (κ2) is 4.55. The van der Waals surface area contributed by atoms with Crippen LogP contribution in [0.2, 0.25) is 0 Å². The van der Waals surface area contributed by atoms with Crippen molar-refractivity contribution in [2.24, 2.45) is 5.73 Å². The molecule has 1 heterocycles. The van der Waals surface area contributed by atoms with E-state index in [1.54, 1.807) is 7.11 Å². The summed E-state index contributed by atoms with van der Waals surface area (Å²) in [6.07, 6.45) is 0.202. The number of carbonyl (C=O) groups is 1. The fraction of sp³-hybridized carbons (Fsp3) is 0.875. The van der Waals surface area contributed by atoms with Gasteiger partial charge >= 0.3 is 0 Å². The van der Waals surface area contributed by atoms with Gasteiger partial charge in [-0.15, -0.1) is 0 Å². The average Bonchev–Trinajstić information content (AvgIpc) is 2.04. The molecule has 1 amide bonds. The highest BCUT2D eigenvalue weighted by molar-refractivity contribution is 5.75. The Labute approximate surface area is 77.6 Å². The molecule has 13 heavy (non-hydrogen) atoms. The van der Waals surface area contributed by atoms with Gasteiger partial charge in [-0.1, -0.05) is 0 Å². The largest absolute Gasteiger partial charge is 0.382 e. The maximum absolute atomic E-state index is 10.8. The smallest absolute Gasteiger partial charge is 0.220 e. The van der Waals surface area contributed by atoms with E-state index in [1.165, 1.54) is 0 Å². The van der Waals surface area contributed by atoms with E-state index in [0.29, 0.717) is 19.8 Å². The first-order chi connectivity index (χ1) is 6.18. The van der Waals surface area contributed by atoms with Crippen molar-refractivity contribution in [3.05, 3.63) is 0 Å². The maximum Gasteiger partial charge on any atom is 0.220 e. The Morgan fingerprint density at radius 3 is 3.00 bits per heavy atom. The predicted octanol–water partition coefficient (Wildman–Crippen LogP) is -1.13. The van der Waals surface area contributed by atoms with Gasteiger partial charge < -0.3 is 20.5 Å². The molecule has 1 fully saturated rings. The minimum Gasteiger partial charge on any atom is -0.382 e. The van der Waals surface area contributed by atoms with Crippen LogP contribution in [0.25, 0.3) is 0 Å². The number of morpholine rings is 1. The molecule has 1 aliphatic rings. The van der Waals surface area contributed by atoms with Gasteiger partial charge in [0, 0.05) is 20.2 Å². The molecule has 0 aliphatic carbocycles. The number of hydrogen-bond donors (Lipinski definition) is 2. The quantitative estimate of drug-likeness (QED) is 0.585. The third-order valence-electron chi connectivity index (χ3n) is 2.04. The highest BCUT2D eigenvalue weighted by Crippen LogP contribution is 2.17. The van der Waals surface area contributed by atoms with E-state index in [1.807, 2.05) is 0 Å². The van der Waals surface area contributed by atoms with Crippen LogP contribution in [0, 0.1) is 0 Å². The number of nitrogens with one attached hydrogen (secondary N) is 1. The van der Waals surface area contributed by atoms with Gasteiger partial charge in [0.2, 0.25) is 5.91 Å². The van der Waals surface area contributed by atoms with E-state index >= 15 is 0 Å². The molecule has 0 aromatic heterocycles. The van der Waals surface area contributed by atoms with E-state index in [4.69, 9.17) is 15.2 Å². The maximum atomic E-state index is 10.8. The van der Waals surface area contributed by atoms with Crippen molar-refractivity contribution in [1.82, 2.24) is 5.32 Å². The summed E-state index contributed by atoms with van der Waals surface area (Å²) in [5.41, 5.74) is 4.58. The fourth-order valence-electron chi connectivity index (χ4n) is 1.54. The zero-order valence-electron chi connectivity index (χ0n) is 7.84. The van der Waals surface area contributed by atoms with Gasteiger partial charge in [0.25, 0.3) is 0 Å². The van der Waals surface area contributed by atoms with Crippen molar-refractivity contribution < 1.29 is 14.3 Å². The number of ether oxygens (including phenoxy) is 2. The summed E-state index contributed by atoms with van der Waals surface area (Å²) in [7, 11) is 1.58. The lowest BCUT2D eigenvalue weighted by molar-refractivity contribution is -0.137. The molecule has 1 aliphatic heterocycles. The number of rotatable bonds is 4. The van der Waals surface area contributed by atoms with Gasteiger partial charge in [0.15, 0.2) is 0 Å². The van der Waals surface area contributed by atoms with Crippen molar-refractivity contribution in [1.29, 1.82) is 0 Å². The SMILES string of the molecule is COCC1(CC(N)=O)CNCCO1. The number of carbonyl (C=O) groups excluding carboxylic acids is 1. The molecule has 0 aromatic carbocycles. The van der Waals surface area contributed by atoms with Crippen LogP contribution in [0.3, 0.4) is 0 Å². The van der Waals surface area contributed by atoms with Crippen LogP contribution < -0.4 is 11.1 Å². The van der Waals surface area contributed by atoms with Crippen LogP contribution in [0.5, 0.6) is 0 Å². The molecule has 3 N–H and O–H groups in total. The molecule has 5 heteroatoms. The molecule has 0 spiro atoms. The van der Waals surface area contributed by atoms with Crippen LogP contribution in [0.1, 0.15) is 6.42 Å². The van der Waals surface area contributed by atoms with Gasteiger partial charge in [-0.25, -0.2) is 0 Å². The third kappa shape index (κ3) is 2.95. The third-order valence-corrected chi connectivity index (χ3v) is 2.04. The van der Waals surface area contributed by atoms with Gasteiger partial charge in [-0.3, -0.25) is 4.79 Å². The van der Waals surface area contributed by atoms with Crippen LogP contribution in [-0.2, 0) is 14.3 Å². The molecular formula is C8H16N2O3. The van der Waals surface area contributed by atoms with Gasteiger partial charge in [0.1, 0.15) is 5.60 Å². The summed E-state index contributed by atoms with van der Waals surface area (Å²) in [5, 5.41) is 3.15. The average molecular weight is 188 g/mol. The Morgan fingerprint density at radius 2 is 2.54 bits per heavy atom. The minimum atomic E-state index is -0.557. The standard InChI is InChI=1S/C8H16N2O3/c1-12-6-8(4-7(9)11)5-10-2-3-13-8/h10H,2-6H2,1H3,(H2,9,11). The Balaban J connectivity index is 2.55. The molecule has 0 bridgehead atoms. The molecule has 0 radical (unpaired) electrons. The number of methoxy groups -OCH3 is 1. The zero-order valence-corrected chi connectivity index (χ0v) is 7.84. The molecule has 0 aromatic rings. The van der Waals surface area contributed by atoms with Gasteiger partial charge in [-0.2, -0.15) is 0 Å². The van der Waals surface area contributed by atoms with Crippen LogP contribution in [0.4, 0.5) is 0 Å². The molecule has 0 saturated carbocycles. The highest BCUT2D eigenvalue weighted by atomic mass is 16.5. The lowest BCUT2D eigenvalue weighted by Crippen LogP contribution is -2.54. The fourth-order valence-corrected chi connectivity index (χ4v) is 1.54. The molecule has 1 rings (SSSR count). The first kappa shape index (κ1) is 10.4. The van der Waals surface area contributed by atoms with Gasteiger partial charge in [0.05, 0.1) is 19.6 Å². The Morgan fingerprint density at radius 1 is 1.77 bits per heavy atom. The number of primary amides is 1. The normalized spacial score (nSPS) is 28.7. The summed E-state index contributed by atoms with van der Waals surface area (Å²) in [5.74, 6) is -0.360. The predicted molar refractivity (Wildman–Crippen MR) is 47.2 cm³/mol. The Bertz CT molecular complexity index is 173.